The summed E-state index contributed by atoms with van der Waals surface area (Å²) in [6, 6.07) is 17.7. The van der Waals surface area contributed by atoms with Crippen LogP contribution in [0.1, 0.15) is 44.2 Å². The largest absolute Gasteiger partial charge is 0.481 e. The van der Waals surface area contributed by atoms with E-state index in [-0.39, 0.29) is 0 Å². The first-order valence-corrected chi connectivity index (χ1v) is 15.3. The van der Waals surface area contributed by atoms with E-state index in [1.54, 1.807) is 6.33 Å². The molecule has 0 amide bonds. The Hall–Kier alpha value is -3.54. The van der Waals surface area contributed by atoms with Gasteiger partial charge >= 0.3 is 0 Å². The molecule has 4 aromatic rings. The van der Waals surface area contributed by atoms with Crippen molar-refractivity contribution >= 4 is 44.4 Å². The van der Waals surface area contributed by atoms with Gasteiger partial charge in [0.2, 0.25) is 0 Å². The average molecular weight is 636 g/mol. The molecule has 1 aliphatic heterocycles. The summed E-state index contributed by atoms with van der Waals surface area (Å²) in [7, 11) is 2.22. The lowest BCUT2D eigenvalue weighted by Crippen LogP contribution is -2.49. The fourth-order valence-corrected chi connectivity index (χ4v) is 6.32. The molecule has 222 valence electrons. The third kappa shape index (κ3) is 7.08. The van der Waals surface area contributed by atoms with E-state index in [0.29, 0.717) is 17.9 Å². The van der Waals surface area contributed by atoms with Gasteiger partial charge < -0.3 is 21.1 Å². The topological polar surface area (TPSA) is 125 Å². The number of aromatic nitrogens is 4. The number of piperazine rings is 1. The van der Waals surface area contributed by atoms with E-state index in [1.807, 2.05) is 6.07 Å². The smallest absolute Gasteiger partial charge is 0.300 e. The van der Waals surface area contributed by atoms with Crippen molar-refractivity contribution in [2.45, 2.75) is 51.2 Å². The van der Waals surface area contributed by atoms with E-state index in [1.165, 1.54) is 44.6 Å². The van der Waals surface area contributed by atoms with Crippen LogP contribution in [0.3, 0.4) is 0 Å². The number of benzene rings is 2. The van der Waals surface area contributed by atoms with Crippen molar-refractivity contribution in [3.63, 3.8) is 0 Å². The molecule has 1 saturated heterocycles. The number of nitrogens with one attached hydrogen (secondary N) is 1. The highest BCUT2D eigenvalue weighted by molar-refractivity contribution is 9.10. The van der Waals surface area contributed by atoms with Crippen LogP contribution in [-0.4, -0.2) is 79.9 Å². The van der Waals surface area contributed by atoms with E-state index in [9.17, 15) is 0 Å². The SMILES string of the molecule is CC(=O)O.CN1CCN(C2CCC(n3nc(-c4ccc(NCc5ccccc5Br)cc4)c4c(N)ncnc43)CC2)CC1. The average Bonchev–Trinajstić information content (AvgIpc) is 3.38. The Morgan fingerprint density at radius 2 is 1.64 bits per heavy atom. The molecule has 2 aromatic heterocycles. The fraction of sp³-hybridized carbons (Fsp3) is 0.419. The van der Waals surface area contributed by atoms with E-state index in [2.05, 4.69) is 95.2 Å². The van der Waals surface area contributed by atoms with Crippen molar-refractivity contribution in [2.24, 2.45) is 0 Å². The molecule has 3 heterocycles. The van der Waals surface area contributed by atoms with Crippen LogP contribution < -0.4 is 11.1 Å². The number of carboxylic acid groups (broad SMARTS) is 1. The van der Waals surface area contributed by atoms with Crippen molar-refractivity contribution in [3.05, 3.63) is 64.9 Å². The number of anilines is 2. The Morgan fingerprint density at radius 3 is 2.31 bits per heavy atom. The summed E-state index contributed by atoms with van der Waals surface area (Å²) in [6.07, 6.45) is 6.17. The lowest BCUT2D eigenvalue weighted by atomic mass is 9.90. The van der Waals surface area contributed by atoms with Crippen LogP contribution in [0.2, 0.25) is 0 Å². The Labute approximate surface area is 255 Å². The van der Waals surface area contributed by atoms with Crippen molar-refractivity contribution in [3.8, 4) is 11.3 Å². The molecule has 6 rings (SSSR count). The molecule has 42 heavy (non-hydrogen) atoms. The molecule has 0 spiro atoms. The van der Waals surface area contributed by atoms with Gasteiger partial charge in [-0.2, -0.15) is 5.10 Å². The van der Waals surface area contributed by atoms with Gasteiger partial charge in [-0.15, -0.1) is 0 Å². The number of carboxylic acids is 1. The van der Waals surface area contributed by atoms with E-state index >= 15 is 0 Å². The molecule has 11 heteroatoms. The lowest BCUT2D eigenvalue weighted by Gasteiger charge is -2.41. The first kappa shape index (κ1) is 29.9. The number of nitrogens with zero attached hydrogens (tertiary/aromatic N) is 6. The second-order valence-electron chi connectivity index (χ2n) is 11.1. The standard InChI is InChI=1S/C29H35BrN8.C2H4O2/c1-36-14-16-37(17-15-36)23-10-12-24(13-11-23)38-29-26(28(31)33-19-34-29)27(35-38)20-6-8-22(9-7-20)32-18-21-4-2-3-5-25(21)30;1-2(3)4/h2-9,19,23-24,32H,10-18H2,1H3,(H2,31,33,34);1H3,(H,3,4). The van der Waals surface area contributed by atoms with Gasteiger partial charge in [-0.05, 0) is 56.5 Å². The van der Waals surface area contributed by atoms with Crippen molar-refractivity contribution < 1.29 is 9.90 Å². The number of nitrogens with two attached hydrogens (primary N) is 1. The lowest BCUT2D eigenvalue weighted by molar-refractivity contribution is -0.134. The number of halogens is 1. The van der Waals surface area contributed by atoms with Gasteiger partial charge in [0.1, 0.15) is 17.8 Å². The highest BCUT2D eigenvalue weighted by Gasteiger charge is 2.30. The Bertz CT molecular complexity index is 1490. The van der Waals surface area contributed by atoms with Crippen LogP contribution in [0.15, 0.2) is 59.3 Å². The number of rotatable bonds is 6. The minimum Gasteiger partial charge on any atom is -0.481 e. The molecular weight excluding hydrogens is 596 g/mol. The monoisotopic (exact) mass is 634 g/mol. The molecule has 0 radical (unpaired) electrons. The van der Waals surface area contributed by atoms with Gasteiger partial charge in [0.25, 0.3) is 5.97 Å². The molecule has 0 atom stereocenters. The minimum absolute atomic E-state index is 0.328. The van der Waals surface area contributed by atoms with Gasteiger partial charge in [0, 0.05) is 61.4 Å². The number of carbonyl (C=O) groups is 1. The number of fused-ring (bicyclic) bond motifs is 1. The molecule has 1 saturated carbocycles. The van der Waals surface area contributed by atoms with Gasteiger partial charge in [0.15, 0.2) is 5.65 Å². The molecule has 2 aliphatic rings. The van der Waals surface area contributed by atoms with Crippen LogP contribution in [0.4, 0.5) is 11.5 Å². The van der Waals surface area contributed by atoms with Crippen molar-refractivity contribution in [1.82, 2.24) is 29.5 Å². The predicted molar refractivity (Wildman–Crippen MR) is 170 cm³/mol. The summed E-state index contributed by atoms with van der Waals surface area (Å²) >= 11 is 3.62. The number of aliphatic carboxylic acids is 1. The zero-order valence-electron chi connectivity index (χ0n) is 24.2. The number of nitrogen functional groups attached to an aromatic ring is 1. The highest BCUT2D eigenvalue weighted by Crippen LogP contribution is 2.37. The zero-order chi connectivity index (χ0) is 29.6. The molecule has 1 aliphatic carbocycles. The van der Waals surface area contributed by atoms with Gasteiger partial charge in [-0.1, -0.05) is 46.3 Å². The van der Waals surface area contributed by atoms with Crippen LogP contribution in [-0.2, 0) is 11.3 Å². The number of hydrogen-bond acceptors (Lipinski definition) is 8. The first-order chi connectivity index (χ1) is 20.3. The maximum Gasteiger partial charge on any atom is 0.300 e. The van der Waals surface area contributed by atoms with Crippen LogP contribution >= 0.6 is 15.9 Å². The molecule has 4 N–H and O–H groups in total. The highest BCUT2D eigenvalue weighted by atomic mass is 79.9. The third-order valence-electron chi connectivity index (χ3n) is 8.18. The molecule has 10 nitrogen and oxygen atoms in total. The molecule has 0 bridgehead atoms. The second-order valence-corrected chi connectivity index (χ2v) is 11.9. The maximum absolute atomic E-state index is 9.00. The fourth-order valence-electron chi connectivity index (χ4n) is 5.89. The first-order valence-electron chi connectivity index (χ1n) is 14.5. The Kier molecular flexibility index (Phi) is 9.71. The van der Waals surface area contributed by atoms with E-state index in [4.69, 9.17) is 20.7 Å². The van der Waals surface area contributed by atoms with Crippen LogP contribution in [0, 0.1) is 0 Å². The third-order valence-corrected chi connectivity index (χ3v) is 8.96. The molecule has 0 unspecified atom stereocenters. The summed E-state index contributed by atoms with van der Waals surface area (Å²) < 4.78 is 3.23. The summed E-state index contributed by atoms with van der Waals surface area (Å²) in [6.45, 7) is 6.52. The summed E-state index contributed by atoms with van der Waals surface area (Å²) in [5.41, 5.74) is 11.4. The summed E-state index contributed by atoms with van der Waals surface area (Å²) in [5, 5.41) is 16.9. The van der Waals surface area contributed by atoms with E-state index in [0.717, 1.165) is 58.8 Å². The molecule has 2 aromatic carbocycles. The number of hydrogen-bond donors (Lipinski definition) is 3. The molecule has 2 fully saturated rings. The van der Waals surface area contributed by atoms with Gasteiger partial charge in [0.05, 0.1) is 11.4 Å². The normalized spacial score (nSPS) is 19.7. The van der Waals surface area contributed by atoms with E-state index < -0.39 is 5.97 Å². The maximum atomic E-state index is 9.00. The van der Waals surface area contributed by atoms with Crippen molar-refractivity contribution in [2.75, 3.05) is 44.3 Å². The van der Waals surface area contributed by atoms with Crippen LogP contribution in [0.25, 0.3) is 22.3 Å². The van der Waals surface area contributed by atoms with Gasteiger partial charge in [-0.25, -0.2) is 14.6 Å². The quantitative estimate of drug-likeness (QED) is 0.260. The van der Waals surface area contributed by atoms with Gasteiger partial charge in [-0.3, -0.25) is 9.69 Å². The molecular formula is C31H39BrN8O2. The van der Waals surface area contributed by atoms with Crippen LogP contribution in [0.5, 0.6) is 0 Å². The second kappa shape index (κ2) is 13.6. The summed E-state index contributed by atoms with van der Waals surface area (Å²) in [5.74, 6) is -0.349. The minimum atomic E-state index is -0.833. The zero-order valence-corrected chi connectivity index (χ0v) is 25.8. The predicted octanol–water partition coefficient (Wildman–Crippen LogP) is 5.27. The summed E-state index contributed by atoms with van der Waals surface area (Å²) in [4.78, 5) is 23.1. The number of likely N-dealkylation sites (N-methyl/N-ethyl adjacent to an activating group) is 1. The van der Waals surface area contributed by atoms with Crippen molar-refractivity contribution in [1.29, 1.82) is 0 Å². The Balaban J connectivity index is 0.000000830. The Morgan fingerprint density at radius 1 is 1.00 bits per heavy atom.